The van der Waals surface area contributed by atoms with E-state index in [9.17, 15) is 5.11 Å². The van der Waals surface area contributed by atoms with Gasteiger partial charge in [-0.05, 0) is 13.0 Å². The van der Waals surface area contributed by atoms with Gasteiger partial charge in [0.2, 0.25) is 0 Å². The van der Waals surface area contributed by atoms with Gasteiger partial charge in [0.05, 0.1) is 6.10 Å². The van der Waals surface area contributed by atoms with E-state index in [4.69, 9.17) is 5.73 Å². The molecular weight excluding hydrogens is 216 g/mol. The number of anilines is 1. The van der Waals surface area contributed by atoms with E-state index in [0.29, 0.717) is 12.1 Å². The van der Waals surface area contributed by atoms with Crippen LogP contribution in [-0.2, 0) is 13.0 Å². The lowest BCUT2D eigenvalue weighted by molar-refractivity contribution is 0.175. The number of para-hydroxylation sites is 1. The van der Waals surface area contributed by atoms with Gasteiger partial charge in [0.25, 0.3) is 0 Å². The number of nitrogens with two attached hydrogens (primary N) is 1. The Bertz CT molecular complexity index is 495. The lowest BCUT2D eigenvalue weighted by atomic mass is 10.0. The summed E-state index contributed by atoms with van der Waals surface area (Å²) in [4.78, 5) is 4.13. The molecule has 1 atom stereocenters. The molecule has 17 heavy (non-hydrogen) atoms. The molecule has 0 aliphatic heterocycles. The minimum Gasteiger partial charge on any atom is -0.398 e. The Hall–Kier alpha value is -1.88. The Morgan fingerprint density at radius 1 is 1.41 bits per heavy atom. The monoisotopic (exact) mass is 232 g/mol. The second kappa shape index (κ2) is 4.97. The second-order valence-corrected chi connectivity index (χ2v) is 3.84. The fourth-order valence-corrected chi connectivity index (χ4v) is 1.81. The van der Waals surface area contributed by atoms with Gasteiger partial charge < -0.3 is 10.8 Å². The minimum absolute atomic E-state index is 0.419. The van der Waals surface area contributed by atoms with Crippen LogP contribution in [0.4, 0.5) is 5.69 Å². The first kappa shape index (κ1) is 11.6. The molecule has 0 spiro atoms. The average Bonchev–Trinajstić information content (AvgIpc) is 2.76. The van der Waals surface area contributed by atoms with Gasteiger partial charge in [-0.2, -0.15) is 5.10 Å². The molecule has 0 amide bonds. The Morgan fingerprint density at radius 3 is 2.88 bits per heavy atom. The van der Waals surface area contributed by atoms with Crippen molar-refractivity contribution in [3.05, 3.63) is 42.0 Å². The van der Waals surface area contributed by atoms with Crippen LogP contribution >= 0.6 is 0 Å². The maximum absolute atomic E-state index is 10.1. The molecule has 5 heteroatoms. The molecule has 1 aromatic carbocycles. The zero-order chi connectivity index (χ0) is 12.3. The van der Waals surface area contributed by atoms with Gasteiger partial charge in [0, 0.05) is 24.2 Å². The number of rotatable bonds is 4. The zero-order valence-corrected chi connectivity index (χ0v) is 9.74. The largest absolute Gasteiger partial charge is 0.398 e. The minimum atomic E-state index is -0.648. The number of aliphatic hydroxyl groups excluding tert-OH is 1. The average molecular weight is 232 g/mol. The van der Waals surface area contributed by atoms with Crippen LogP contribution < -0.4 is 5.73 Å². The highest BCUT2D eigenvalue weighted by atomic mass is 16.3. The lowest BCUT2D eigenvalue weighted by Gasteiger charge is -2.13. The number of aryl methyl sites for hydroxylation is 1. The number of benzene rings is 1. The van der Waals surface area contributed by atoms with Gasteiger partial charge in [0.1, 0.15) is 12.2 Å². The van der Waals surface area contributed by atoms with E-state index >= 15 is 0 Å². The summed E-state index contributed by atoms with van der Waals surface area (Å²) < 4.78 is 1.77. The van der Waals surface area contributed by atoms with E-state index in [0.717, 1.165) is 17.9 Å². The first-order valence-corrected chi connectivity index (χ1v) is 5.61. The predicted molar refractivity (Wildman–Crippen MR) is 65.2 cm³/mol. The summed E-state index contributed by atoms with van der Waals surface area (Å²) in [5, 5.41) is 14.2. The van der Waals surface area contributed by atoms with Crippen molar-refractivity contribution in [2.45, 2.75) is 26.0 Å². The van der Waals surface area contributed by atoms with Crippen molar-refractivity contribution in [2.24, 2.45) is 0 Å². The van der Waals surface area contributed by atoms with Gasteiger partial charge >= 0.3 is 0 Å². The van der Waals surface area contributed by atoms with Crippen molar-refractivity contribution in [1.82, 2.24) is 14.8 Å². The molecule has 0 aliphatic carbocycles. The van der Waals surface area contributed by atoms with Crippen LogP contribution in [-0.4, -0.2) is 19.9 Å². The van der Waals surface area contributed by atoms with Crippen LogP contribution in [0.15, 0.2) is 30.6 Å². The van der Waals surface area contributed by atoms with Gasteiger partial charge in [-0.15, -0.1) is 0 Å². The summed E-state index contributed by atoms with van der Waals surface area (Å²) >= 11 is 0. The number of nitrogen functional groups attached to an aromatic ring is 1. The molecule has 0 radical (unpaired) electrons. The molecule has 90 valence electrons. The van der Waals surface area contributed by atoms with E-state index < -0.39 is 6.10 Å². The smallest absolute Gasteiger partial charge is 0.138 e. The quantitative estimate of drug-likeness (QED) is 0.775. The molecule has 0 saturated heterocycles. The van der Waals surface area contributed by atoms with Crippen molar-refractivity contribution in [3.63, 3.8) is 0 Å². The highest BCUT2D eigenvalue weighted by molar-refractivity contribution is 5.47. The molecule has 0 bridgehead atoms. The summed E-state index contributed by atoms with van der Waals surface area (Å²) in [6.07, 6.45) is 1.27. The molecule has 2 rings (SSSR count). The first-order chi connectivity index (χ1) is 8.22. The van der Waals surface area contributed by atoms with Crippen molar-refractivity contribution >= 4 is 5.69 Å². The summed E-state index contributed by atoms with van der Waals surface area (Å²) in [5.74, 6) is 0.767. The molecule has 5 nitrogen and oxygen atoms in total. The van der Waals surface area contributed by atoms with Gasteiger partial charge in [-0.3, -0.25) is 4.68 Å². The van der Waals surface area contributed by atoms with E-state index in [1.807, 2.05) is 25.1 Å². The zero-order valence-electron chi connectivity index (χ0n) is 9.74. The molecule has 1 unspecified atom stereocenters. The maximum atomic E-state index is 10.1. The van der Waals surface area contributed by atoms with Crippen molar-refractivity contribution < 1.29 is 5.11 Å². The first-order valence-electron chi connectivity index (χ1n) is 5.61. The second-order valence-electron chi connectivity index (χ2n) is 3.84. The van der Waals surface area contributed by atoms with E-state index in [1.54, 1.807) is 10.7 Å². The maximum Gasteiger partial charge on any atom is 0.138 e. The summed E-state index contributed by atoms with van der Waals surface area (Å²) in [6.45, 7) is 2.73. The highest BCUT2D eigenvalue weighted by Crippen LogP contribution is 2.22. The Morgan fingerprint density at radius 2 is 2.18 bits per heavy atom. The van der Waals surface area contributed by atoms with Crippen LogP contribution in [0.5, 0.6) is 0 Å². The Balaban J connectivity index is 2.17. The van der Waals surface area contributed by atoms with Crippen LogP contribution in [0.25, 0.3) is 0 Å². The summed E-state index contributed by atoms with van der Waals surface area (Å²) in [5.41, 5.74) is 7.15. The van der Waals surface area contributed by atoms with Crippen LogP contribution in [0.1, 0.15) is 24.4 Å². The molecule has 1 aromatic heterocycles. The normalized spacial score (nSPS) is 12.6. The molecule has 0 saturated carbocycles. The molecular formula is C12H16N4O. The van der Waals surface area contributed by atoms with Crippen molar-refractivity contribution in [2.75, 3.05) is 5.73 Å². The number of aliphatic hydroxyl groups is 1. The molecule has 2 aromatic rings. The van der Waals surface area contributed by atoms with E-state index in [2.05, 4.69) is 10.1 Å². The predicted octanol–water partition coefficient (Wildman–Crippen LogP) is 1.16. The van der Waals surface area contributed by atoms with Gasteiger partial charge in [-0.1, -0.05) is 18.2 Å². The van der Waals surface area contributed by atoms with Crippen molar-refractivity contribution in [1.29, 1.82) is 0 Å². The number of nitrogens with zero attached hydrogens (tertiary/aromatic N) is 3. The third kappa shape index (κ3) is 2.45. The lowest BCUT2D eigenvalue weighted by Crippen LogP contribution is -2.10. The third-order valence-corrected chi connectivity index (χ3v) is 2.73. The standard InChI is InChI=1S/C12H16N4O/c1-2-16-12(14-8-15-16)7-11(17)9-5-3-4-6-10(9)13/h3-6,8,11,17H,2,7,13H2,1H3. The van der Waals surface area contributed by atoms with Crippen molar-refractivity contribution in [3.8, 4) is 0 Å². The summed E-state index contributed by atoms with van der Waals surface area (Å²) in [7, 11) is 0. The third-order valence-electron chi connectivity index (χ3n) is 2.73. The van der Waals surface area contributed by atoms with Gasteiger partial charge in [0.15, 0.2) is 0 Å². The highest BCUT2D eigenvalue weighted by Gasteiger charge is 2.14. The fraction of sp³-hybridized carbons (Fsp3) is 0.333. The van der Waals surface area contributed by atoms with Gasteiger partial charge in [-0.25, -0.2) is 4.98 Å². The van der Waals surface area contributed by atoms with E-state index in [-0.39, 0.29) is 0 Å². The number of aromatic nitrogens is 3. The van der Waals surface area contributed by atoms with E-state index in [1.165, 1.54) is 6.33 Å². The Kier molecular flexibility index (Phi) is 3.39. The SMILES string of the molecule is CCn1ncnc1CC(O)c1ccccc1N. The number of hydrogen-bond donors (Lipinski definition) is 2. The molecule has 3 N–H and O–H groups in total. The van der Waals surface area contributed by atoms with Crippen LogP contribution in [0.2, 0.25) is 0 Å². The molecule has 0 aliphatic rings. The van der Waals surface area contributed by atoms with Crippen LogP contribution in [0, 0.1) is 0 Å². The summed E-state index contributed by atoms with van der Waals surface area (Å²) in [6, 6.07) is 7.31. The number of hydrogen-bond acceptors (Lipinski definition) is 4. The Labute approximate surface area is 99.9 Å². The topological polar surface area (TPSA) is 77.0 Å². The molecule has 0 fully saturated rings. The van der Waals surface area contributed by atoms with Crippen LogP contribution in [0.3, 0.4) is 0 Å². The molecule has 1 heterocycles. The fourth-order valence-electron chi connectivity index (χ4n) is 1.81.